The topological polar surface area (TPSA) is 62.2 Å². The number of benzene rings is 2. The number of halogens is 3. The van der Waals surface area contributed by atoms with Crippen molar-refractivity contribution in [2.75, 3.05) is 24.5 Å². The number of aromatic nitrogens is 2. The molecule has 9 heteroatoms. The number of rotatable bonds is 6. The third-order valence-corrected chi connectivity index (χ3v) is 5.35. The average Bonchev–Trinajstić information content (AvgIpc) is 3.45. The molecule has 0 bridgehead atoms. The number of hydrogen-bond acceptors (Lipinski definition) is 3. The third-order valence-electron chi connectivity index (χ3n) is 5.35. The van der Waals surface area contributed by atoms with E-state index in [9.17, 15) is 18.0 Å². The second-order valence-electron chi connectivity index (χ2n) is 7.52. The maximum absolute atomic E-state index is 14.3. The van der Waals surface area contributed by atoms with Gasteiger partial charge in [-0.15, -0.1) is 0 Å². The highest BCUT2D eigenvalue weighted by atomic mass is 19.2. The predicted octanol–water partition coefficient (Wildman–Crippen LogP) is 3.62. The van der Waals surface area contributed by atoms with Crippen LogP contribution in [0.5, 0.6) is 0 Å². The molecule has 1 fully saturated rings. The molecule has 1 aliphatic rings. The maximum Gasteiger partial charge on any atom is 0.315 e. The lowest BCUT2D eigenvalue weighted by Gasteiger charge is -2.19. The molecule has 2 amide bonds. The molecule has 31 heavy (non-hydrogen) atoms. The van der Waals surface area contributed by atoms with Gasteiger partial charge in [-0.25, -0.2) is 22.9 Å². The molecule has 2 aromatic carbocycles. The molecule has 1 aliphatic heterocycles. The summed E-state index contributed by atoms with van der Waals surface area (Å²) in [6.07, 6.45) is 5.57. The Morgan fingerprint density at radius 3 is 2.68 bits per heavy atom. The Morgan fingerprint density at radius 2 is 1.94 bits per heavy atom. The van der Waals surface area contributed by atoms with Crippen molar-refractivity contribution in [3.05, 3.63) is 78.1 Å². The summed E-state index contributed by atoms with van der Waals surface area (Å²) in [5, 5.41) is 5.54. The molecule has 1 saturated heterocycles. The van der Waals surface area contributed by atoms with Crippen molar-refractivity contribution >= 4 is 11.7 Å². The van der Waals surface area contributed by atoms with E-state index in [2.05, 4.69) is 15.6 Å². The van der Waals surface area contributed by atoms with Crippen molar-refractivity contribution in [1.82, 2.24) is 20.2 Å². The van der Waals surface area contributed by atoms with E-state index in [1.807, 2.05) is 4.90 Å². The van der Waals surface area contributed by atoms with Gasteiger partial charge in [-0.3, -0.25) is 0 Å². The smallest absolute Gasteiger partial charge is 0.315 e. The van der Waals surface area contributed by atoms with E-state index in [1.165, 1.54) is 18.5 Å². The molecule has 0 aliphatic carbocycles. The summed E-state index contributed by atoms with van der Waals surface area (Å²) in [7, 11) is 0. The predicted molar refractivity (Wildman–Crippen MR) is 110 cm³/mol. The van der Waals surface area contributed by atoms with Crippen molar-refractivity contribution < 1.29 is 18.0 Å². The molecule has 162 valence electrons. The van der Waals surface area contributed by atoms with Crippen LogP contribution in [0, 0.1) is 23.4 Å². The molecule has 1 unspecified atom stereocenters. The minimum Gasteiger partial charge on any atom is -0.371 e. The first-order chi connectivity index (χ1) is 15.0. The fourth-order valence-electron chi connectivity index (χ4n) is 3.67. The van der Waals surface area contributed by atoms with Gasteiger partial charge in [0, 0.05) is 50.3 Å². The Balaban J connectivity index is 1.23. The summed E-state index contributed by atoms with van der Waals surface area (Å²) in [6, 6.07) is 8.28. The van der Waals surface area contributed by atoms with E-state index in [-0.39, 0.29) is 18.5 Å². The first kappa shape index (κ1) is 20.8. The van der Waals surface area contributed by atoms with Crippen LogP contribution < -0.4 is 15.5 Å². The highest BCUT2D eigenvalue weighted by molar-refractivity contribution is 5.73. The van der Waals surface area contributed by atoms with Crippen molar-refractivity contribution in [3.8, 4) is 5.69 Å². The fourth-order valence-corrected chi connectivity index (χ4v) is 3.67. The number of hydrogen-bond donors (Lipinski definition) is 2. The van der Waals surface area contributed by atoms with Crippen LogP contribution in [0.3, 0.4) is 0 Å². The van der Waals surface area contributed by atoms with Gasteiger partial charge in [0.1, 0.15) is 5.82 Å². The zero-order valence-electron chi connectivity index (χ0n) is 16.7. The van der Waals surface area contributed by atoms with E-state index in [4.69, 9.17) is 0 Å². The summed E-state index contributed by atoms with van der Waals surface area (Å²) in [6.45, 7) is 2.01. The highest BCUT2D eigenvalue weighted by Gasteiger charge is 2.23. The van der Waals surface area contributed by atoms with Crippen LogP contribution >= 0.6 is 0 Å². The quantitative estimate of drug-likeness (QED) is 0.629. The number of nitrogens with one attached hydrogen (secondary N) is 2. The maximum atomic E-state index is 14.3. The van der Waals surface area contributed by atoms with Gasteiger partial charge in [0.15, 0.2) is 11.6 Å². The molecule has 0 saturated carbocycles. The molecule has 6 nitrogen and oxygen atoms in total. The van der Waals surface area contributed by atoms with E-state index < -0.39 is 17.5 Å². The standard InChI is InChI=1S/C22H22F3N5O/c23-18-3-2-17(10-19(18)24)29-7-5-16(13-29)12-28-22(31)27-11-15-1-4-21(20(25)9-15)30-8-6-26-14-30/h1-4,6,8-10,14,16H,5,7,11-13H2,(H2,27,28,31). The van der Waals surface area contributed by atoms with E-state index >= 15 is 0 Å². The highest BCUT2D eigenvalue weighted by Crippen LogP contribution is 2.25. The third kappa shape index (κ3) is 4.99. The zero-order chi connectivity index (χ0) is 21.8. The van der Waals surface area contributed by atoms with Gasteiger partial charge in [-0.2, -0.15) is 0 Å². The number of amides is 2. The van der Waals surface area contributed by atoms with Gasteiger partial charge < -0.3 is 20.1 Å². The Kier molecular flexibility index (Phi) is 6.11. The lowest BCUT2D eigenvalue weighted by atomic mass is 10.1. The van der Waals surface area contributed by atoms with Gasteiger partial charge in [0.2, 0.25) is 0 Å². The largest absolute Gasteiger partial charge is 0.371 e. The molecule has 2 heterocycles. The fraction of sp³-hybridized carbons (Fsp3) is 0.273. The molecule has 1 atom stereocenters. The summed E-state index contributed by atoms with van der Waals surface area (Å²) in [5.74, 6) is -1.94. The summed E-state index contributed by atoms with van der Waals surface area (Å²) in [5.41, 5.74) is 1.66. The number of nitrogens with zero attached hydrogens (tertiary/aromatic N) is 3. The molecule has 3 aromatic rings. The van der Waals surface area contributed by atoms with Gasteiger partial charge in [0.05, 0.1) is 12.0 Å². The number of carbonyl (C=O) groups is 1. The van der Waals surface area contributed by atoms with Crippen LogP contribution in [0.4, 0.5) is 23.7 Å². The van der Waals surface area contributed by atoms with E-state index in [0.717, 1.165) is 12.5 Å². The van der Waals surface area contributed by atoms with Crippen LogP contribution in [-0.2, 0) is 6.54 Å². The van der Waals surface area contributed by atoms with Crippen LogP contribution in [-0.4, -0.2) is 35.2 Å². The summed E-state index contributed by atoms with van der Waals surface area (Å²) in [4.78, 5) is 18.0. The van der Waals surface area contributed by atoms with Crippen molar-refractivity contribution in [1.29, 1.82) is 0 Å². The average molecular weight is 429 g/mol. The minimum absolute atomic E-state index is 0.193. The second-order valence-corrected chi connectivity index (χ2v) is 7.52. The first-order valence-electron chi connectivity index (χ1n) is 9.98. The zero-order valence-corrected chi connectivity index (χ0v) is 16.7. The monoisotopic (exact) mass is 429 g/mol. The van der Waals surface area contributed by atoms with E-state index in [1.54, 1.807) is 35.2 Å². The summed E-state index contributed by atoms with van der Waals surface area (Å²) >= 11 is 0. The normalized spacial score (nSPS) is 15.8. The molecule has 1 aromatic heterocycles. The van der Waals surface area contributed by atoms with Gasteiger partial charge >= 0.3 is 6.03 Å². The first-order valence-corrected chi connectivity index (χ1v) is 9.98. The molecular weight excluding hydrogens is 407 g/mol. The number of carbonyl (C=O) groups excluding carboxylic acids is 1. The lowest BCUT2D eigenvalue weighted by molar-refractivity contribution is 0.239. The summed E-state index contributed by atoms with van der Waals surface area (Å²) < 4.78 is 42.4. The van der Waals surface area contributed by atoms with Crippen molar-refractivity contribution in [2.45, 2.75) is 13.0 Å². The Morgan fingerprint density at radius 1 is 1.06 bits per heavy atom. The Bertz CT molecular complexity index is 1060. The lowest BCUT2D eigenvalue weighted by Crippen LogP contribution is -2.38. The van der Waals surface area contributed by atoms with Gasteiger partial charge in [-0.05, 0) is 42.2 Å². The SMILES string of the molecule is O=C(NCc1ccc(-n2ccnc2)c(F)c1)NCC1CCN(c2ccc(F)c(F)c2)C1. The minimum atomic E-state index is -0.868. The van der Waals surface area contributed by atoms with E-state index in [0.29, 0.717) is 36.6 Å². The van der Waals surface area contributed by atoms with Crippen molar-refractivity contribution in [2.24, 2.45) is 5.92 Å². The Hall–Kier alpha value is -3.49. The molecule has 0 spiro atoms. The molecule has 2 N–H and O–H groups in total. The number of urea groups is 1. The molecular formula is C22H22F3N5O. The van der Waals surface area contributed by atoms with Gasteiger partial charge in [0.25, 0.3) is 0 Å². The van der Waals surface area contributed by atoms with Crippen LogP contribution in [0.15, 0.2) is 55.1 Å². The number of imidazole rings is 1. The molecule has 4 rings (SSSR count). The van der Waals surface area contributed by atoms with Crippen LogP contribution in [0.1, 0.15) is 12.0 Å². The van der Waals surface area contributed by atoms with Gasteiger partial charge in [-0.1, -0.05) is 6.07 Å². The molecule has 0 radical (unpaired) electrons. The number of anilines is 1. The van der Waals surface area contributed by atoms with Crippen LogP contribution in [0.2, 0.25) is 0 Å². The second kappa shape index (κ2) is 9.11. The van der Waals surface area contributed by atoms with Crippen LogP contribution in [0.25, 0.3) is 5.69 Å². The van der Waals surface area contributed by atoms with Crippen molar-refractivity contribution in [3.63, 3.8) is 0 Å². The Labute approximate surface area is 177 Å².